The van der Waals surface area contributed by atoms with Crippen molar-refractivity contribution >= 4 is 12.0 Å². The van der Waals surface area contributed by atoms with E-state index in [2.05, 4.69) is 9.98 Å². The molecule has 2 aromatic rings. The molecule has 0 bridgehead atoms. The molecule has 0 atom stereocenters. The van der Waals surface area contributed by atoms with Crippen LogP contribution < -0.4 is 0 Å². The third kappa shape index (κ3) is 3.70. The fourth-order valence-corrected chi connectivity index (χ4v) is 1.33. The minimum absolute atomic E-state index is 0. The number of aryl methyl sites for hydroxylation is 1. The van der Waals surface area contributed by atoms with Gasteiger partial charge in [-0.25, -0.2) is 9.98 Å². The summed E-state index contributed by atoms with van der Waals surface area (Å²) in [7, 11) is 0. The van der Waals surface area contributed by atoms with Crippen LogP contribution in [-0.4, -0.2) is 16.3 Å². The van der Waals surface area contributed by atoms with Crippen molar-refractivity contribution in [2.24, 2.45) is 4.99 Å². The van der Waals surface area contributed by atoms with E-state index in [0.29, 0.717) is 11.4 Å². The van der Waals surface area contributed by atoms with Crippen LogP contribution in [0.5, 0.6) is 5.75 Å². The Labute approximate surface area is 111 Å². The molecule has 0 aliphatic carbocycles. The van der Waals surface area contributed by atoms with E-state index in [9.17, 15) is 5.11 Å². The minimum atomic E-state index is 0. The Balaban J connectivity index is 0.00000144. The third-order valence-corrected chi connectivity index (χ3v) is 2.15. The van der Waals surface area contributed by atoms with Crippen molar-refractivity contribution in [3.05, 3.63) is 53.7 Å². The number of phenols is 1. The standard InChI is InChI=1S/C13H12N2O.Cu/c1-10-5-4-8-13(15-10)14-9-11-6-2-3-7-12(11)16;/h2-9,16H,1H3;/q;+2. The zero-order valence-corrected chi connectivity index (χ0v) is 10.2. The summed E-state index contributed by atoms with van der Waals surface area (Å²) in [5.74, 6) is 0.863. The van der Waals surface area contributed by atoms with Gasteiger partial charge in [0.2, 0.25) is 0 Å². The first-order valence-electron chi connectivity index (χ1n) is 5.01. The van der Waals surface area contributed by atoms with E-state index in [4.69, 9.17) is 0 Å². The van der Waals surface area contributed by atoms with E-state index in [-0.39, 0.29) is 22.8 Å². The van der Waals surface area contributed by atoms with Crippen molar-refractivity contribution in [2.45, 2.75) is 6.92 Å². The molecule has 0 spiro atoms. The summed E-state index contributed by atoms with van der Waals surface area (Å²) >= 11 is 0. The van der Waals surface area contributed by atoms with Crippen LogP contribution in [-0.2, 0) is 17.1 Å². The first kappa shape index (κ1) is 13.4. The fraction of sp³-hybridized carbons (Fsp3) is 0.0769. The van der Waals surface area contributed by atoms with E-state index in [0.717, 1.165) is 5.69 Å². The van der Waals surface area contributed by atoms with Gasteiger partial charge in [-0.05, 0) is 31.2 Å². The van der Waals surface area contributed by atoms with Gasteiger partial charge in [-0.15, -0.1) is 0 Å². The Kier molecular flexibility index (Phi) is 4.88. The Morgan fingerprint density at radius 1 is 1.12 bits per heavy atom. The normalized spacial score (nSPS) is 10.2. The second kappa shape index (κ2) is 6.18. The van der Waals surface area contributed by atoms with E-state index < -0.39 is 0 Å². The molecule has 0 fully saturated rings. The molecule has 1 aromatic carbocycles. The van der Waals surface area contributed by atoms with Crippen molar-refractivity contribution in [3.8, 4) is 5.75 Å². The molecule has 0 saturated heterocycles. The summed E-state index contributed by atoms with van der Waals surface area (Å²) in [5, 5.41) is 9.53. The molecule has 0 saturated carbocycles. The second-order valence-electron chi connectivity index (χ2n) is 3.45. The van der Waals surface area contributed by atoms with Crippen LogP contribution in [0.2, 0.25) is 0 Å². The largest absolute Gasteiger partial charge is 2.00 e. The number of aliphatic imine (C=N–C) groups is 1. The number of para-hydroxylation sites is 1. The predicted molar refractivity (Wildman–Crippen MR) is 64.3 cm³/mol. The molecule has 2 rings (SSSR count). The zero-order chi connectivity index (χ0) is 11.4. The Hall–Kier alpha value is -1.64. The number of phenolic OH excluding ortho intramolecular Hbond substituents is 1. The number of aromatic nitrogens is 1. The zero-order valence-electron chi connectivity index (χ0n) is 9.26. The van der Waals surface area contributed by atoms with Crippen LogP contribution in [0, 0.1) is 6.92 Å². The molecule has 0 aliphatic rings. The number of hydrogen-bond donors (Lipinski definition) is 1. The van der Waals surface area contributed by atoms with Crippen molar-refractivity contribution in [2.75, 3.05) is 0 Å². The monoisotopic (exact) mass is 275 g/mol. The number of rotatable bonds is 2. The van der Waals surface area contributed by atoms with E-state index in [1.807, 2.05) is 31.2 Å². The van der Waals surface area contributed by atoms with Crippen molar-refractivity contribution in [1.82, 2.24) is 4.98 Å². The van der Waals surface area contributed by atoms with Crippen LogP contribution in [0.15, 0.2) is 47.5 Å². The van der Waals surface area contributed by atoms with Crippen LogP contribution in [0.25, 0.3) is 0 Å². The van der Waals surface area contributed by atoms with E-state index in [1.54, 1.807) is 24.4 Å². The molecule has 1 aromatic heterocycles. The van der Waals surface area contributed by atoms with Gasteiger partial charge >= 0.3 is 17.1 Å². The SMILES string of the molecule is Cc1cccc(N=Cc2ccccc2O)n1.[Cu+2]. The average molecular weight is 276 g/mol. The maximum Gasteiger partial charge on any atom is 2.00 e. The fourth-order valence-electron chi connectivity index (χ4n) is 1.33. The van der Waals surface area contributed by atoms with Gasteiger partial charge in [-0.1, -0.05) is 18.2 Å². The molecule has 4 heteroatoms. The molecule has 17 heavy (non-hydrogen) atoms. The number of pyridine rings is 1. The maximum absolute atomic E-state index is 9.53. The molecule has 0 amide bonds. The summed E-state index contributed by atoms with van der Waals surface area (Å²) in [6, 6.07) is 12.7. The Bertz CT molecular complexity index is 526. The first-order chi connectivity index (χ1) is 7.75. The number of nitrogens with zero attached hydrogens (tertiary/aromatic N) is 2. The van der Waals surface area contributed by atoms with Gasteiger partial charge in [0, 0.05) is 17.5 Å². The summed E-state index contributed by atoms with van der Waals surface area (Å²) in [4.78, 5) is 8.44. The van der Waals surface area contributed by atoms with Crippen LogP contribution in [0.4, 0.5) is 5.82 Å². The van der Waals surface area contributed by atoms with Crippen molar-refractivity contribution in [3.63, 3.8) is 0 Å². The van der Waals surface area contributed by atoms with Crippen molar-refractivity contribution in [1.29, 1.82) is 0 Å². The van der Waals surface area contributed by atoms with E-state index >= 15 is 0 Å². The Morgan fingerprint density at radius 3 is 2.59 bits per heavy atom. The van der Waals surface area contributed by atoms with Gasteiger partial charge in [0.15, 0.2) is 5.82 Å². The van der Waals surface area contributed by atoms with Gasteiger partial charge in [-0.3, -0.25) is 0 Å². The minimum Gasteiger partial charge on any atom is -0.507 e. The third-order valence-electron chi connectivity index (χ3n) is 2.15. The van der Waals surface area contributed by atoms with Crippen LogP contribution in [0.3, 0.4) is 0 Å². The summed E-state index contributed by atoms with van der Waals surface area (Å²) in [6.45, 7) is 1.92. The second-order valence-corrected chi connectivity index (χ2v) is 3.45. The molecule has 1 heterocycles. The van der Waals surface area contributed by atoms with Gasteiger partial charge in [-0.2, -0.15) is 0 Å². The predicted octanol–water partition coefficient (Wildman–Crippen LogP) is 2.84. The molecular weight excluding hydrogens is 264 g/mol. The molecule has 0 unspecified atom stereocenters. The molecule has 89 valence electrons. The first-order valence-corrected chi connectivity index (χ1v) is 5.01. The summed E-state index contributed by atoms with van der Waals surface area (Å²) in [5.41, 5.74) is 1.61. The maximum atomic E-state index is 9.53. The average Bonchev–Trinajstić information content (AvgIpc) is 2.28. The van der Waals surface area contributed by atoms with Crippen LogP contribution >= 0.6 is 0 Å². The smallest absolute Gasteiger partial charge is 0.507 e. The van der Waals surface area contributed by atoms with E-state index in [1.165, 1.54) is 0 Å². The number of aromatic hydroxyl groups is 1. The summed E-state index contributed by atoms with van der Waals surface area (Å²) < 4.78 is 0. The number of hydrogen-bond acceptors (Lipinski definition) is 3. The quantitative estimate of drug-likeness (QED) is 0.677. The van der Waals surface area contributed by atoms with Gasteiger partial charge in [0.05, 0.1) is 0 Å². The van der Waals surface area contributed by atoms with Crippen LogP contribution in [0.1, 0.15) is 11.3 Å². The van der Waals surface area contributed by atoms with Gasteiger partial charge in [0.25, 0.3) is 0 Å². The van der Waals surface area contributed by atoms with Gasteiger partial charge < -0.3 is 5.11 Å². The Morgan fingerprint density at radius 2 is 1.88 bits per heavy atom. The number of benzene rings is 1. The molecule has 1 N–H and O–H groups in total. The van der Waals surface area contributed by atoms with Gasteiger partial charge in [0.1, 0.15) is 5.75 Å². The summed E-state index contributed by atoms with van der Waals surface area (Å²) in [6.07, 6.45) is 1.61. The molecule has 1 radical (unpaired) electrons. The van der Waals surface area contributed by atoms with Crippen molar-refractivity contribution < 1.29 is 22.2 Å². The molecule has 0 aliphatic heterocycles. The molecular formula is C13H12CuN2O+2. The molecule has 3 nitrogen and oxygen atoms in total. The topological polar surface area (TPSA) is 45.5 Å².